The molecular weight excluding hydrogens is 672 g/mol. The number of ether oxygens (including phenoxy) is 2. The third kappa shape index (κ3) is 6.61. The number of rotatable bonds is 10. The first-order valence-corrected chi connectivity index (χ1v) is 12.5. The Hall–Kier alpha value is -1.37. The number of hydrogen-bond donors (Lipinski definition) is 0. The Balaban J connectivity index is 0.00000385. The molecule has 1 aromatic heterocycles. The molecule has 33 heavy (non-hydrogen) atoms. The van der Waals surface area contributed by atoms with E-state index >= 15 is 0 Å². The van der Waals surface area contributed by atoms with E-state index < -0.39 is 5.97 Å². The van der Waals surface area contributed by atoms with Crippen LogP contribution in [0.2, 0.25) is 0 Å². The monoisotopic (exact) mass is 697 g/mol. The van der Waals surface area contributed by atoms with Crippen LogP contribution in [0.1, 0.15) is 35.5 Å². The van der Waals surface area contributed by atoms with Crippen molar-refractivity contribution < 1.29 is 23.5 Å². The summed E-state index contributed by atoms with van der Waals surface area (Å²) in [5, 5.41) is 0.681. The van der Waals surface area contributed by atoms with E-state index in [1.54, 1.807) is 6.07 Å². The highest BCUT2D eigenvalue weighted by Crippen LogP contribution is 2.33. The number of likely N-dealkylation sites (N-methyl/N-ethyl adjacent to an activating group) is 1. The molecule has 0 saturated carbocycles. The van der Waals surface area contributed by atoms with Gasteiger partial charge in [0.05, 0.1) is 19.8 Å². The molecule has 0 aliphatic rings. The Morgan fingerprint density at radius 1 is 1.06 bits per heavy atom. The second-order valence-corrected chi connectivity index (χ2v) is 9.45. The van der Waals surface area contributed by atoms with Gasteiger partial charge >= 0.3 is 5.97 Å². The summed E-state index contributed by atoms with van der Waals surface area (Å²) in [6.07, 6.45) is -0.104. The van der Waals surface area contributed by atoms with Crippen molar-refractivity contribution in [2.45, 2.75) is 20.3 Å². The number of methoxy groups -OCH3 is 1. The summed E-state index contributed by atoms with van der Waals surface area (Å²) in [5.74, 6) is 0.438. The zero-order valence-corrected chi connectivity index (χ0v) is 23.8. The van der Waals surface area contributed by atoms with E-state index in [4.69, 9.17) is 13.9 Å². The van der Waals surface area contributed by atoms with Gasteiger partial charge in [-0.05, 0) is 76.5 Å². The molecule has 0 fully saturated rings. The number of para-hydroxylation sites is 1. The summed E-state index contributed by atoms with van der Waals surface area (Å²) in [5.41, 5.74) is 1.48. The smallest absolute Gasteiger partial charge is 0.313 e. The lowest BCUT2D eigenvalue weighted by atomic mass is 9.99. The van der Waals surface area contributed by atoms with Crippen LogP contribution >= 0.6 is 57.6 Å². The van der Waals surface area contributed by atoms with Gasteiger partial charge in [0.15, 0.2) is 5.78 Å². The zero-order valence-electron chi connectivity index (χ0n) is 18.7. The van der Waals surface area contributed by atoms with Crippen molar-refractivity contribution in [2.24, 2.45) is 0 Å². The first kappa shape index (κ1) is 27.9. The Bertz CT molecular complexity index is 1100. The summed E-state index contributed by atoms with van der Waals surface area (Å²) in [6, 6.07) is 10.9. The molecule has 0 aliphatic heterocycles. The number of esters is 1. The molecule has 0 amide bonds. The van der Waals surface area contributed by atoms with Crippen LogP contribution in [-0.4, -0.2) is 50.0 Å². The van der Waals surface area contributed by atoms with Crippen molar-refractivity contribution in [1.29, 1.82) is 0 Å². The van der Waals surface area contributed by atoms with Crippen molar-refractivity contribution in [3.8, 4) is 5.75 Å². The Morgan fingerprint density at radius 3 is 2.30 bits per heavy atom. The van der Waals surface area contributed by atoms with Crippen molar-refractivity contribution in [3.05, 3.63) is 60.4 Å². The van der Waals surface area contributed by atoms with Crippen LogP contribution in [0.4, 0.5) is 0 Å². The summed E-state index contributed by atoms with van der Waals surface area (Å²) >= 11 is 4.40. The van der Waals surface area contributed by atoms with E-state index in [2.05, 4.69) is 63.9 Å². The number of nitrogens with zero attached hydrogens (tertiary/aromatic N) is 1. The molecule has 1 heterocycles. The first-order valence-electron chi connectivity index (χ1n) is 10.4. The van der Waals surface area contributed by atoms with Crippen molar-refractivity contribution >= 4 is 80.3 Å². The third-order valence-electron chi connectivity index (χ3n) is 5.24. The SMILES string of the molecule is CCN(CC)CCOc1c(I)cc(C(=O)c2c(CC(=O)OC)oc3ccccc23)cc1I.Cl. The molecule has 3 aromatic rings. The average Bonchev–Trinajstić information content (AvgIpc) is 3.15. The lowest BCUT2D eigenvalue weighted by Crippen LogP contribution is -2.28. The Kier molecular flexibility index (Phi) is 10.9. The molecular formula is C24H26ClI2NO5. The van der Waals surface area contributed by atoms with Gasteiger partial charge in [0.2, 0.25) is 0 Å². The maximum Gasteiger partial charge on any atom is 0.313 e. The summed E-state index contributed by atoms with van der Waals surface area (Å²) in [4.78, 5) is 27.7. The molecule has 0 bridgehead atoms. The lowest BCUT2D eigenvalue weighted by Gasteiger charge is -2.19. The molecule has 0 spiro atoms. The fraction of sp³-hybridized carbons (Fsp3) is 0.333. The van der Waals surface area contributed by atoms with Gasteiger partial charge in [0.25, 0.3) is 0 Å². The fourth-order valence-electron chi connectivity index (χ4n) is 3.46. The highest BCUT2D eigenvalue weighted by atomic mass is 127. The van der Waals surface area contributed by atoms with Crippen molar-refractivity contribution in [3.63, 3.8) is 0 Å². The van der Waals surface area contributed by atoms with Gasteiger partial charge in [-0.1, -0.05) is 32.0 Å². The minimum Gasteiger partial charge on any atom is -0.490 e. The normalized spacial score (nSPS) is 10.8. The Labute approximate surface area is 227 Å². The van der Waals surface area contributed by atoms with Crippen LogP contribution in [-0.2, 0) is 16.0 Å². The largest absolute Gasteiger partial charge is 0.490 e. The molecule has 0 unspecified atom stereocenters. The van der Waals surface area contributed by atoms with E-state index in [0.29, 0.717) is 34.5 Å². The van der Waals surface area contributed by atoms with Crippen LogP contribution in [0.5, 0.6) is 5.75 Å². The molecule has 0 radical (unpaired) electrons. The number of carbonyl (C=O) groups is 2. The van der Waals surface area contributed by atoms with Crippen LogP contribution in [0.25, 0.3) is 11.0 Å². The summed E-state index contributed by atoms with van der Waals surface area (Å²) < 4.78 is 18.4. The molecule has 9 heteroatoms. The molecule has 2 aromatic carbocycles. The predicted molar refractivity (Wildman–Crippen MR) is 148 cm³/mol. The lowest BCUT2D eigenvalue weighted by molar-refractivity contribution is -0.140. The number of furan rings is 1. The van der Waals surface area contributed by atoms with E-state index in [1.165, 1.54) is 7.11 Å². The van der Waals surface area contributed by atoms with Gasteiger partial charge in [-0.15, -0.1) is 12.4 Å². The van der Waals surface area contributed by atoms with E-state index in [1.807, 2.05) is 30.3 Å². The first-order chi connectivity index (χ1) is 15.4. The molecule has 0 N–H and O–H groups in total. The molecule has 0 atom stereocenters. The Morgan fingerprint density at radius 2 is 1.70 bits per heavy atom. The van der Waals surface area contributed by atoms with E-state index in [-0.39, 0.29) is 24.6 Å². The van der Waals surface area contributed by atoms with Gasteiger partial charge in [-0.3, -0.25) is 9.59 Å². The van der Waals surface area contributed by atoms with Crippen LogP contribution in [0.3, 0.4) is 0 Å². The number of benzene rings is 2. The highest BCUT2D eigenvalue weighted by molar-refractivity contribution is 14.1. The standard InChI is InChI=1S/C24H25I2NO5.ClH/c1-4-27(5-2)10-11-31-24-17(25)12-15(13-18(24)26)23(29)22-16-8-6-7-9-19(16)32-20(22)14-21(28)30-3;/h6-9,12-13H,4-5,10-11,14H2,1-3H3;1H. The zero-order chi connectivity index (χ0) is 23.3. The van der Waals surface area contributed by atoms with E-state index in [9.17, 15) is 9.59 Å². The second-order valence-electron chi connectivity index (χ2n) is 7.12. The molecule has 0 aliphatic carbocycles. The van der Waals surface area contributed by atoms with Gasteiger partial charge < -0.3 is 18.8 Å². The quantitative estimate of drug-likeness (QED) is 0.153. The van der Waals surface area contributed by atoms with Gasteiger partial charge in [-0.2, -0.15) is 0 Å². The number of ketones is 1. The molecule has 0 saturated heterocycles. The minimum absolute atomic E-state index is 0. The van der Waals surface area contributed by atoms with Crippen molar-refractivity contribution in [2.75, 3.05) is 33.4 Å². The number of hydrogen-bond acceptors (Lipinski definition) is 6. The van der Waals surface area contributed by atoms with Crippen LogP contribution in [0.15, 0.2) is 40.8 Å². The third-order valence-corrected chi connectivity index (χ3v) is 6.84. The highest BCUT2D eigenvalue weighted by Gasteiger charge is 2.25. The summed E-state index contributed by atoms with van der Waals surface area (Å²) in [7, 11) is 1.32. The number of halogens is 3. The van der Waals surface area contributed by atoms with Gasteiger partial charge in [0.1, 0.15) is 30.1 Å². The van der Waals surface area contributed by atoms with Crippen LogP contribution in [0, 0.1) is 7.14 Å². The topological polar surface area (TPSA) is 69.0 Å². The molecule has 178 valence electrons. The number of carbonyl (C=O) groups excluding carboxylic acids is 2. The fourth-order valence-corrected chi connectivity index (χ4v) is 5.54. The maximum atomic E-state index is 13.5. The van der Waals surface area contributed by atoms with Crippen molar-refractivity contribution in [1.82, 2.24) is 4.90 Å². The van der Waals surface area contributed by atoms with E-state index in [0.717, 1.165) is 32.5 Å². The predicted octanol–water partition coefficient (Wildman–Crippen LogP) is 5.73. The maximum absolute atomic E-state index is 13.5. The molecule has 6 nitrogen and oxygen atoms in total. The number of fused-ring (bicyclic) bond motifs is 1. The minimum atomic E-state index is -0.459. The van der Waals surface area contributed by atoms with Crippen LogP contribution < -0.4 is 4.74 Å². The van der Waals surface area contributed by atoms with Gasteiger partial charge in [0, 0.05) is 17.5 Å². The second kappa shape index (κ2) is 12.9. The average molecular weight is 698 g/mol. The molecule has 3 rings (SSSR count). The summed E-state index contributed by atoms with van der Waals surface area (Å²) in [6.45, 7) is 7.65. The van der Waals surface area contributed by atoms with Gasteiger partial charge in [-0.25, -0.2) is 0 Å².